The smallest absolute Gasteiger partial charge is 0.224 e. The molecule has 0 aliphatic carbocycles. The molecule has 0 unspecified atom stereocenters. The van der Waals surface area contributed by atoms with Gasteiger partial charge in [-0.05, 0) is 30.7 Å². The fourth-order valence-corrected chi connectivity index (χ4v) is 1.37. The average molecular weight is 247 g/mol. The molecule has 1 aromatic carbocycles. The van der Waals surface area contributed by atoms with Gasteiger partial charge in [0, 0.05) is 12.6 Å². The van der Waals surface area contributed by atoms with E-state index in [4.69, 9.17) is 4.74 Å². The summed E-state index contributed by atoms with van der Waals surface area (Å²) >= 11 is 0. The number of halogens is 1. The zero-order valence-electron chi connectivity index (χ0n) is 10.1. The van der Waals surface area contributed by atoms with Crippen LogP contribution in [0.5, 0.6) is 11.6 Å². The standard InChI is InChI=1S/C13H14FN3O/c1-2-7-15-12-8-13(17-9-16-12)18-11-5-3-10(14)4-6-11/h3-6,8-9H,2,7H2,1H3,(H,15,16,17). The molecule has 0 spiro atoms. The summed E-state index contributed by atoms with van der Waals surface area (Å²) in [6, 6.07) is 7.49. The van der Waals surface area contributed by atoms with Gasteiger partial charge in [-0.2, -0.15) is 0 Å². The minimum absolute atomic E-state index is 0.296. The predicted molar refractivity (Wildman–Crippen MR) is 67.3 cm³/mol. The zero-order valence-corrected chi connectivity index (χ0v) is 10.1. The molecule has 2 aromatic rings. The lowest BCUT2D eigenvalue weighted by molar-refractivity contribution is 0.460. The van der Waals surface area contributed by atoms with E-state index in [0.717, 1.165) is 13.0 Å². The highest BCUT2D eigenvalue weighted by atomic mass is 19.1. The van der Waals surface area contributed by atoms with Gasteiger partial charge in [0.1, 0.15) is 23.7 Å². The second kappa shape index (κ2) is 5.95. The number of hydrogen-bond acceptors (Lipinski definition) is 4. The molecule has 1 N–H and O–H groups in total. The van der Waals surface area contributed by atoms with Crippen LogP contribution in [0.2, 0.25) is 0 Å². The van der Waals surface area contributed by atoms with Crippen LogP contribution in [0.25, 0.3) is 0 Å². The molecule has 0 aliphatic heterocycles. The Kier molecular flexibility index (Phi) is 4.06. The molecule has 0 fully saturated rings. The van der Waals surface area contributed by atoms with Crippen LogP contribution in [0.4, 0.5) is 10.2 Å². The molecule has 94 valence electrons. The van der Waals surface area contributed by atoms with Crippen molar-refractivity contribution < 1.29 is 9.13 Å². The van der Waals surface area contributed by atoms with E-state index in [2.05, 4.69) is 22.2 Å². The molecule has 0 aliphatic rings. The number of aromatic nitrogens is 2. The molecule has 1 aromatic heterocycles. The van der Waals surface area contributed by atoms with Crippen LogP contribution in [-0.4, -0.2) is 16.5 Å². The number of hydrogen-bond donors (Lipinski definition) is 1. The second-order valence-corrected chi connectivity index (χ2v) is 3.72. The van der Waals surface area contributed by atoms with Crippen molar-refractivity contribution in [3.05, 3.63) is 42.5 Å². The van der Waals surface area contributed by atoms with Crippen LogP contribution in [-0.2, 0) is 0 Å². The van der Waals surface area contributed by atoms with Crippen molar-refractivity contribution in [2.75, 3.05) is 11.9 Å². The highest BCUT2D eigenvalue weighted by molar-refractivity contribution is 5.38. The van der Waals surface area contributed by atoms with Crippen LogP contribution in [0.15, 0.2) is 36.7 Å². The average Bonchev–Trinajstić information content (AvgIpc) is 2.40. The molecule has 0 radical (unpaired) electrons. The summed E-state index contributed by atoms with van der Waals surface area (Å²) in [6.45, 7) is 2.91. The third-order valence-corrected chi connectivity index (χ3v) is 2.23. The van der Waals surface area contributed by atoms with Gasteiger partial charge < -0.3 is 10.1 Å². The lowest BCUT2D eigenvalue weighted by Gasteiger charge is -2.07. The molecule has 0 atom stereocenters. The maximum Gasteiger partial charge on any atom is 0.224 e. The van der Waals surface area contributed by atoms with Gasteiger partial charge in [-0.25, -0.2) is 14.4 Å². The minimum atomic E-state index is -0.296. The summed E-state index contributed by atoms with van der Waals surface area (Å²) in [4.78, 5) is 8.07. The number of benzene rings is 1. The van der Waals surface area contributed by atoms with Crippen LogP contribution < -0.4 is 10.1 Å². The highest BCUT2D eigenvalue weighted by Gasteiger charge is 2.01. The summed E-state index contributed by atoms with van der Waals surface area (Å²) in [7, 11) is 0. The van der Waals surface area contributed by atoms with E-state index in [-0.39, 0.29) is 5.82 Å². The molecule has 5 heteroatoms. The highest BCUT2D eigenvalue weighted by Crippen LogP contribution is 2.20. The lowest BCUT2D eigenvalue weighted by atomic mass is 10.3. The molecule has 2 rings (SSSR count). The normalized spacial score (nSPS) is 10.1. The molecule has 0 saturated heterocycles. The van der Waals surface area contributed by atoms with Gasteiger partial charge in [-0.1, -0.05) is 6.92 Å². The molecule has 1 heterocycles. The number of anilines is 1. The second-order valence-electron chi connectivity index (χ2n) is 3.72. The summed E-state index contributed by atoms with van der Waals surface area (Å²) in [6.07, 6.45) is 2.44. The third-order valence-electron chi connectivity index (χ3n) is 2.23. The molecular formula is C13H14FN3O. The Bertz CT molecular complexity index is 502. The van der Waals surface area contributed by atoms with E-state index in [1.165, 1.54) is 18.5 Å². The van der Waals surface area contributed by atoms with Gasteiger partial charge >= 0.3 is 0 Å². The largest absolute Gasteiger partial charge is 0.439 e. The van der Waals surface area contributed by atoms with Crippen LogP contribution in [0, 0.1) is 5.82 Å². The van der Waals surface area contributed by atoms with Gasteiger partial charge in [0.05, 0.1) is 0 Å². The first kappa shape index (κ1) is 12.3. The molecule has 0 bridgehead atoms. The van der Waals surface area contributed by atoms with Crippen molar-refractivity contribution in [3.63, 3.8) is 0 Å². The maximum atomic E-state index is 12.7. The van der Waals surface area contributed by atoms with Crippen molar-refractivity contribution in [3.8, 4) is 11.6 Å². The first-order valence-electron chi connectivity index (χ1n) is 5.77. The van der Waals surface area contributed by atoms with Crippen molar-refractivity contribution >= 4 is 5.82 Å². The van der Waals surface area contributed by atoms with Crippen molar-refractivity contribution in [2.24, 2.45) is 0 Å². The van der Waals surface area contributed by atoms with Crippen LogP contribution >= 0.6 is 0 Å². The van der Waals surface area contributed by atoms with E-state index in [0.29, 0.717) is 17.4 Å². The third kappa shape index (κ3) is 3.41. The van der Waals surface area contributed by atoms with Gasteiger partial charge in [-0.15, -0.1) is 0 Å². The Morgan fingerprint density at radius 2 is 2.00 bits per heavy atom. The Morgan fingerprint density at radius 3 is 2.72 bits per heavy atom. The van der Waals surface area contributed by atoms with Gasteiger partial charge in [0.25, 0.3) is 0 Å². The first-order valence-corrected chi connectivity index (χ1v) is 5.77. The summed E-state index contributed by atoms with van der Waals surface area (Å²) < 4.78 is 18.2. The van der Waals surface area contributed by atoms with E-state index < -0.39 is 0 Å². The summed E-state index contributed by atoms with van der Waals surface area (Å²) in [5.74, 6) is 1.38. The first-order chi connectivity index (χ1) is 8.78. The minimum Gasteiger partial charge on any atom is -0.439 e. The van der Waals surface area contributed by atoms with Crippen molar-refractivity contribution in [1.82, 2.24) is 9.97 Å². The van der Waals surface area contributed by atoms with Crippen LogP contribution in [0.3, 0.4) is 0 Å². The van der Waals surface area contributed by atoms with E-state index >= 15 is 0 Å². The molecular weight excluding hydrogens is 233 g/mol. The van der Waals surface area contributed by atoms with Gasteiger partial charge in [-0.3, -0.25) is 0 Å². The molecule has 0 amide bonds. The van der Waals surface area contributed by atoms with Gasteiger partial charge in [0.15, 0.2) is 0 Å². The summed E-state index contributed by atoms with van der Waals surface area (Å²) in [5, 5.41) is 3.14. The van der Waals surface area contributed by atoms with Crippen molar-refractivity contribution in [1.29, 1.82) is 0 Å². The fraction of sp³-hybridized carbons (Fsp3) is 0.231. The maximum absolute atomic E-state index is 12.7. The topological polar surface area (TPSA) is 47.0 Å². The molecule has 0 saturated carbocycles. The number of ether oxygens (including phenoxy) is 1. The fourth-order valence-electron chi connectivity index (χ4n) is 1.37. The monoisotopic (exact) mass is 247 g/mol. The van der Waals surface area contributed by atoms with Crippen LogP contribution in [0.1, 0.15) is 13.3 Å². The number of rotatable bonds is 5. The van der Waals surface area contributed by atoms with E-state index in [1.54, 1.807) is 18.2 Å². The Morgan fingerprint density at radius 1 is 1.22 bits per heavy atom. The van der Waals surface area contributed by atoms with E-state index in [1.807, 2.05) is 0 Å². The lowest BCUT2D eigenvalue weighted by Crippen LogP contribution is -2.02. The quantitative estimate of drug-likeness (QED) is 0.881. The summed E-state index contributed by atoms with van der Waals surface area (Å²) in [5.41, 5.74) is 0. The number of nitrogens with zero attached hydrogens (tertiary/aromatic N) is 2. The molecule has 4 nitrogen and oxygen atoms in total. The number of nitrogens with one attached hydrogen (secondary N) is 1. The molecule has 18 heavy (non-hydrogen) atoms. The Hall–Kier alpha value is -2.17. The Labute approximate surface area is 105 Å². The van der Waals surface area contributed by atoms with E-state index in [9.17, 15) is 4.39 Å². The zero-order chi connectivity index (χ0) is 12.8. The predicted octanol–water partition coefficient (Wildman–Crippen LogP) is 3.23. The SMILES string of the molecule is CCCNc1cc(Oc2ccc(F)cc2)ncn1. The Balaban J connectivity index is 2.06. The van der Waals surface area contributed by atoms with Crippen molar-refractivity contribution in [2.45, 2.75) is 13.3 Å². The van der Waals surface area contributed by atoms with Gasteiger partial charge in [0.2, 0.25) is 5.88 Å².